The van der Waals surface area contributed by atoms with Crippen molar-refractivity contribution >= 4 is 34.8 Å². The number of nitrogens with one attached hydrogen (secondary N) is 1. The number of rotatable bonds is 4. The van der Waals surface area contributed by atoms with Crippen LogP contribution in [0.25, 0.3) is 0 Å². The lowest BCUT2D eigenvalue weighted by molar-refractivity contribution is 0.101. The highest BCUT2D eigenvalue weighted by Gasteiger charge is 2.23. The van der Waals surface area contributed by atoms with Crippen molar-refractivity contribution in [2.24, 2.45) is 7.05 Å². The molecule has 1 N–H and O–H groups in total. The van der Waals surface area contributed by atoms with E-state index in [-0.39, 0.29) is 12.0 Å². The number of fused-ring (bicyclic) bond motifs is 1. The molecule has 0 unspecified atom stereocenters. The van der Waals surface area contributed by atoms with E-state index < -0.39 is 0 Å². The van der Waals surface area contributed by atoms with Crippen molar-refractivity contribution in [2.75, 3.05) is 11.9 Å². The molecule has 1 amide bonds. The minimum absolute atomic E-state index is 0.117. The maximum Gasteiger partial charge on any atom is 0.272 e. The summed E-state index contributed by atoms with van der Waals surface area (Å²) in [6.07, 6.45) is 0.943. The largest absolute Gasteiger partial charge is 0.492 e. The minimum Gasteiger partial charge on any atom is -0.492 e. The third-order valence-corrected chi connectivity index (χ3v) is 4.74. The van der Waals surface area contributed by atoms with Crippen LogP contribution in [0.1, 0.15) is 29.9 Å². The summed E-state index contributed by atoms with van der Waals surface area (Å²) >= 11 is 12.0. The molecule has 1 aliphatic heterocycles. The SMILES string of the molecule is CCOc1cc2c(cc1NC(=O)c1cc(Cl)c(Cl)n1C)O[C@H](C)C2. The fraction of sp³-hybridized carbons (Fsp3) is 0.353. The molecule has 0 spiro atoms. The van der Waals surface area contributed by atoms with Crippen molar-refractivity contribution in [3.63, 3.8) is 0 Å². The maximum absolute atomic E-state index is 12.6. The van der Waals surface area contributed by atoms with Gasteiger partial charge in [0, 0.05) is 25.1 Å². The molecule has 2 heterocycles. The average Bonchev–Trinajstić information content (AvgIpc) is 3.01. The molecule has 24 heavy (non-hydrogen) atoms. The van der Waals surface area contributed by atoms with Crippen molar-refractivity contribution in [1.29, 1.82) is 0 Å². The molecule has 0 saturated carbocycles. The first-order valence-corrected chi connectivity index (χ1v) is 8.44. The number of benzene rings is 1. The third-order valence-electron chi connectivity index (χ3n) is 3.90. The van der Waals surface area contributed by atoms with E-state index in [1.807, 2.05) is 19.9 Å². The Bertz CT molecular complexity index is 802. The number of carbonyl (C=O) groups excluding carboxylic acids is 1. The second-order valence-corrected chi connectivity index (χ2v) is 6.47. The molecule has 2 aromatic rings. The molecular formula is C17H18Cl2N2O3. The van der Waals surface area contributed by atoms with Crippen LogP contribution in [0.2, 0.25) is 10.2 Å². The van der Waals surface area contributed by atoms with E-state index in [0.29, 0.717) is 33.9 Å². The molecule has 0 bridgehead atoms. The van der Waals surface area contributed by atoms with Crippen LogP contribution in [0.15, 0.2) is 18.2 Å². The highest BCUT2D eigenvalue weighted by molar-refractivity contribution is 6.42. The Kier molecular flexibility index (Phi) is 4.65. The molecule has 1 atom stereocenters. The second kappa shape index (κ2) is 6.57. The zero-order valence-electron chi connectivity index (χ0n) is 13.7. The molecule has 1 aromatic carbocycles. The average molecular weight is 369 g/mol. The Morgan fingerprint density at radius 1 is 1.42 bits per heavy atom. The lowest BCUT2D eigenvalue weighted by Gasteiger charge is -2.14. The molecule has 7 heteroatoms. The topological polar surface area (TPSA) is 52.5 Å². The Hall–Kier alpha value is -1.85. The first-order valence-electron chi connectivity index (χ1n) is 7.69. The van der Waals surface area contributed by atoms with Gasteiger partial charge in [-0.1, -0.05) is 23.2 Å². The molecule has 0 fully saturated rings. The molecule has 3 rings (SSSR count). The van der Waals surface area contributed by atoms with Gasteiger partial charge >= 0.3 is 0 Å². The van der Waals surface area contributed by atoms with Crippen molar-refractivity contribution in [3.05, 3.63) is 39.6 Å². The number of halogens is 2. The molecule has 0 saturated heterocycles. The van der Waals surface area contributed by atoms with Crippen molar-refractivity contribution in [2.45, 2.75) is 26.4 Å². The predicted octanol–water partition coefficient (Wildman–Crippen LogP) is 4.31. The van der Waals surface area contributed by atoms with Crippen LogP contribution in [0.5, 0.6) is 11.5 Å². The summed E-state index contributed by atoms with van der Waals surface area (Å²) in [5.41, 5.74) is 2.00. The first kappa shape index (κ1) is 17.0. The molecule has 128 valence electrons. The summed E-state index contributed by atoms with van der Waals surface area (Å²) in [6.45, 7) is 4.40. The lowest BCUT2D eigenvalue weighted by Crippen LogP contribution is -2.16. The Labute approximate surface area is 150 Å². The minimum atomic E-state index is -0.321. The monoisotopic (exact) mass is 368 g/mol. The Balaban J connectivity index is 1.92. The summed E-state index contributed by atoms with van der Waals surface area (Å²) in [5.74, 6) is 1.07. The van der Waals surface area contributed by atoms with E-state index in [4.69, 9.17) is 32.7 Å². The quantitative estimate of drug-likeness (QED) is 0.874. The molecule has 1 aromatic heterocycles. The van der Waals surface area contributed by atoms with Crippen LogP contribution < -0.4 is 14.8 Å². The van der Waals surface area contributed by atoms with Gasteiger partial charge < -0.3 is 19.4 Å². The van der Waals surface area contributed by atoms with Crippen LogP contribution in [-0.4, -0.2) is 23.2 Å². The van der Waals surface area contributed by atoms with Crippen LogP contribution in [0, 0.1) is 0 Å². The number of hydrogen-bond acceptors (Lipinski definition) is 3. The van der Waals surface area contributed by atoms with Gasteiger partial charge in [-0.2, -0.15) is 0 Å². The first-order chi connectivity index (χ1) is 11.4. The molecule has 0 radical (unpaired) electrons. The number of anilines is 1. The Morgan fingerprint density at radius 3 is 2.79 bits per heavy atom. The van der Waals surface area contributed by atoms with Gasteiger partial charge in [0.25, 0.3) is 5.91 Å². The van der Waals surface area contributed by atoms with Crippen LogP contribution in [-0.2, 0) is 13.5 Å². The Morgan fingerprint density at radius 2 is 2.17 bits per heavy atom. The zero-order valence-corrected chi connectivity index (χ0v) is 15.2. The fourth-order valence-corrected chi connectivity index (χ4v) is 3.13. The van der Waals surface area contributed by atoms with Gasteiger partial charge in [-0.15, -0.1) is 0 Å². The summed E-state index contributed by atoms with van der Waals surface area (Å²) in [6, 6.07) is 5.25. The molecule has 1 aliphatic rings. The van der Waals surface area contributed by atoms with Gasteiger partial charge in [0.1, 0.15) is 28.5 Å². The van der Waals surface area contributed by atoms with Crippen LogP contribution in [0.3, 0.4) is 0 Å². The van der Waals surface area contributed by atoms with Gasteiger partial charge in [-0.05, 0) is 26.0 Å². The fourth-order valence-electron chi connectivity index (χ4n) is 2.76. The zero-order chi connectivity index (χ0) is 17.4. The van der Waals surface area contributed by atoms with E-state index >= 15 is 0 Å². The number of ether oxygens (including phenoxy) is 2. The van der Waals surface area contributed by atoms with Crippen molar-refractivity contribution < 1.29 is 14.3 Å². The van der Waals surface area contributed by atoms with E-state index in [2.05, 4.69) is 5.32 Å². The number of hydrogen-bond donors (Lipinski definition) is 1. The standard InChI is InChI=1S/C17H18Cl2N2O3/c1-4-23-15-6-10-5-9(2)24-14(10)8-12(15)20-17(22)13-7-11(18)16(19)21(13)3/h6-9H,4-5H2,1-3H3,(H,20,22)/t9-/m1/s1. The number of nitrogens with zero attached hydrogens (tertiary/aromatic N) is 1. The van der Waals surface area contributed by atoms with Crippen LogP contribution >= 0.6 is 23.2 Å². The number of carbonyl (C=O) groups is 1. The number of amides is 1. The molecular weight excluding hydrogens is 351 g/mol. The molecule has 5 nitrogen and oxygen atoms in total. The molecule has 0 aliphatic carbocycles. The summed E-state index contributed by atoms with van der Waals surface area (Å²) in [5, 5.41) is 3.51. The number of aromatic nitrogens is 1. The van der Waals surface area contributed by atoms with E-state index in [1.165, 1.54) is 10.6 Å². The third kappa shape index (κ3) is 3.06. The van der Waals surface area contributed by atoms with Gasteiger partial charge in [0.05, 0.1) is 17.3 Å². The summed E-state index contributed by atoms with van der Waals surface area (Å²) < 4.78 is 13.0. The van der Waals surface area contributed by atoms with Gasteiger partial charge in [-0.25, -0.2) is 0 Å². The summed E-state index contributed by atoms with van der Waals surface area (Å²) in [7, 11) is 1.68. The predicted molar refractivity (Wildman–Crippen MR) is 94.8 cm³/mol. The van der Waals surface area contributed by atoms with E-state index in [9.17, 15) is 4.79 Å². The van der Waals surface area contributed by atoms with Crippen molar-refractivity contribution in [1.82, 2.24) is 4.57 Å². The maximum atomic E-state index is 12.6. The van der Waals surface area contributed by atoms with Gasteiger partial charge in [-0.3, -0.25) is 4.79 Å². The van der Waals surface area contributed by atoms with Crippen molar-refractivity contribution in [3.8, 4) is 11.5 Å². The van der Waals surface area contributed by atoms with Crippen LogP contribution in [0.4, 0.5) is 5.69 Å². The normalized spacial score (nSPS) is 15.8. The van der Waals surface area contributed by atoms with Gasteiger partial charge in [0.15, 0.2) is 0 Å². The smallest absolute Gasteiger partial charge is 0.272 e. The lowest BCUT2D eigenvalue weighted by atomic mass is 10.1. The second-order valence-electron chi connectivity index (χ2n) is 5.70. The highest BCUT2D eigenvalue weighted by Crippen LogP contribution is 2.38. The summed E-state index contributed by atoms with van der Waals surface area (Å²) in [4.78, 5) is 12.6. The van der Waals surface area contributed by atoms with E-state index in [0.717, 1.165) is 17.7 Å². The van der Waals surface area contributed by atoms with Gasteiger partial charge in [0.2, 0.25) is 0 Å². The van der Waals surface area contributed by atoms with E-state index in [1.54, 1.807) is 13.1 Å². The highest BCUT2D eigenvalue weighted by atomic mass is 35.5.